The molecule has 0 unspecified atom stereocenters. The summed E-state index contributed by atoms with van der Waals surface area (Å²) in [5.41, 5.74) is 1.76. The number of benzene rings is 1. The SMILES string of the molecule is COc1ccc(NCc2cnc(CC(C)C)s2)cc1CO. The Morgan fingerprint density at radius 2 is 2.19 bits per heavy atom. The third kappa shape index (κ3) is 4.44. The van der Waals surface area contributed by atoms with Crippen molar-refractivity contribution in [1.82, 2.24) is 4.98 Å². The Morgan fingerprint density at radius 1 is 1.38 bits per heavy atom. The Hall–Kier alpha value is -1.59. The molecule has 0 aliphatic rings. The van der Waals surface area contributed by atoms with Gasteiger partial charge < -0.3 is 15.2 Å². The molecule has 21 heavy (non-hydrogen) atoms. The first-order valence-electron chi connectivity index (χ1n) is 7.07. The van der Waals surface area contributed by atoms with E-state index in [2.05, 4.69) is 24.1 Å². The number of aliphatic hydroxyl groups excluding tert-OH is 1. The largest absolute Gasteiger partial charge is 0.496 e. The molecule has 0 spiro atoms. The minimum Gasteiger partial charge on any atom is -0.496 e. The molecule has 1 aromatic heterocycles. The quantitative estimate of drug-likeness (QED) is 0.822. The number of nitrogens with one attached hydrogen (secondary N) is 1. The summed E-state index contributed by atoms with van der Waals surface area (Å²) < 4.78 is 5.20. The Morgan fingerprint density at radius 3 is 2.86 bits per heavy atom. The number of nitrogens with zero attached hydrogens (tertiary/aromatic N) is 1. The molecule has 1 heterocycles. The molecule has 0 radical (unpaired) electrons. The van der Waals surface area contributed by atoms with Crippen molar-refractivity contribution < 1.29 is 9.84 Å². The van der Waals surface area contributed by atoms with E-state index < -0.39 is 0 Å². The number of ether oxygens (including phenoxy) is 1. The predicted molar refractivity (Wildman–Crippen MR) is 86.9 cm³/mol. The maximum absolute atomic E-state index is 9.33. The van der Waals surface area contributed by atoms with Crippen LogP contribution >= 0.6 is 11.3 Å². The van der Waals surface area contributed by atoms with E-state index in [1.165, 1.54) is 9.88 Å². The van der Waals surface area contributed by atoms with Gasteiger partial charge in [-0.3, -0.25) is 0 Å². The highest BCUT2D eigenvalue weighted by molar-refractivity contribution is 7.11. The van der Waals surface area contributed by atoms with Crippen LogP contribution in [-0.4, -0.2) is 17.2 Å². The first kappa shape index (κ1) is 15.8. The smallest absolute Gasteiger partial charge is 0.124 e. The zero-order valence-electron chi connectivity index (χ0n) is 12.7. The monoisotopic (exact) mass is 306 g/mol. The molecule has 2 N–H and O–H groups in total. The van der Waals surface area contributed by atoms with Crippen molar-refractivity contribution in [3.63, 3.8) is 0 Å². The molecule has 0 atom stereocenters. The first-order chi connectivity index (χ1) is 10.1. The molecule has 0 aliphatic carbocycles. The Bertz CT molecular complexity index is 581. The summed E-state index contributed by atoms with van der Waals surface area (Å²) in [5, 5.41) is 13.9. The summed E-state index contributed by atoms with van der Waals surface area (Å²) in [6, 6.07) is 5.73. The van der Waals surface area contributed by atoms with Crippen molar-refractivity contribution in [3.05, 3.63) is 39.8 Å². The van der Waals surface area contributed by atoms with E-state index in [0.717, 1.165) is 24.2 Å². The molecule has 0 aliphatic heterocycles. The molecule has 0 saturated heterocycles. The summed E-state index contributed by atoms with van der Waals surface area (Å²) in [7, 11) is 1.61. The van der Waals surface area contributed by atoms with Gasteiger partial charge >= 0.3 is 0 Å². The van der Waals surface area contributed by atoms with Crippen LogP contribution in [0.2, 0.25) is 0 Å². The van der Waals surface area contributed by atoms with E-state index in [0.29, 0.717) is 11.7 Å². The number of methoxy groups -OCH3 is 1. The van der Waals surface area contributed by atoms with Gasteiger partial charge in [0.2, 0.25) is 0 Å². The van der Waals surface area contributed by atoms with Crippen molar-refractivity contribution in [2.75, 3.05) is 12.4 Å². The third-order valence-electron chi connectivity index (χ3n) is 3.10. The molecule has 5 heteroatoms. The number of aliphatic hydroxyl groups is 1. The van der Waals surface area contributed by atoms with E-state index in [1.54, 1.807) is 18.4 Å². The molecular weight excluding hydrogens is 284 g/mol. The highest BCUT2D eigenvalue weighted by atomic mass is 32.1. The van der Waals surface area contributed by atoms with Crippen LogP contribution in [0.3, 0.4) is 0 Å². The van der Waals surface area contributed by atoms with Gasteiger partial charge in [0, 0.05) is 28.7 Å². The van der Waals surface area contributed by atoms with Gasteiger partial charge in [-0.1, -0.05) is 13.8 Å². The first-order valence-corrected chi connectivity index (χ1v) is 7.89. The standard InChI is InChI=1S/C16H22N2O2S/c1-11(2)6-16-18-9-14(21-16)8-17-13-4-5-15(20-3)12(7-13)10-19/h4-5,7,9,11,17,19H,6,8,10H2,1-3H3. The zero-order valence-corrected chi connectivity index (χ0v) is 13.5. The second-order valence-corrected chi connectivity index (χ2v) is 6.56. The predicted octanol–water partition coefficient (Wildman–Crippen LogP) is 3.45. The molecule has 4 nitrogen and oxygen atoms in total. The van der Waals surface area contributed by atoms with Crippen LogP contribution in [0.15, 0.2) is 24.4 Å². The van der Waals surface area contributed by atoms with Gasteiger partial charge in [-0.2, -0.15) is 0 Å². The molecule has 1 aromatic carbocycles. The summed E-state index contributed by atoms with van der Waals surface area (Å²) >= 11 is 1.75. The van der Waals surface area contributed by atoms with Gasteiger partial charge in [-0.05, 0) is 24.1 Å². The molecular formula is C16H22N2O2S. The van der Waals surface area contributed by atoms with Crippen LogP contribution in [0.25, 0.3) is 0 Å². The average molecular weight is 306 g/mol. The minimum atomic E-state index is -0.0300. The Kier molecular flexibility index (Phi) is 5.59. The fraction of sp³-hybridized carbons (Fsp3) is 0.438. The second kappa shape index (κ2) is 7.43. The van der Waals surface area contributed by atoms with Gasteiger partial charge in [-0.25, -0.2) is 4.98 Å². The molecule has 0 saturated carbocycles. The van der Waals surface area contributed by atoms with Gasteiger partial charge in [-0.15, -0.1) is 11.3 Å². The Labute approximate surface area is 129 Å². The third-order valence-corrected chi connectivity index (χ3v) is 4.12. The topological polar surface area (TPSA) is 54.4 Å². The van der Waals surface area contributed by atoms with Crippen LogP contribution in [0, 0.1) is 5.92 Å². The molecule has 2 aromatic rings. The van der Waals surface area contributed by atoms with Crippen molar-refractivity contribution in [1.29, 1.82) is 0 Å². The van der Waals surface area contributed by atoms with E-state index in [9.17, 15) is 5.11 Å². The van der Waals surface area contributed by atoms with Crippen LogP contribution in [0.5, 0.6) is 5.75 Å². The summed E-state index contributed by atoms with van der Waals surface area (Å²) in [6.45, 7) is 5.12. The number of rotatable bonds is 7. The number of thiazole rings is 1. The van der Waals surface area contributed by atoms with Crippen LogP contribution in [0.1, 0.15) is 29.3 Å². The average Bonchev–Trinajstić information content (AvgIpc) is 2.91. The van der Waals surface area contributed by atoms with Gasteiger partial charge in [0.25, 0.3) is 0 Å². The highest BCUT2D eigenvalue weighted by Gasteiger charge is 2.06. The van der Waals surface area contributed by atoms with Crippen molar-refractivity contribution in [3.8, 4) is 5.75 Å². The highest BCUT2D eigenvalue weighted by Crippen LogP contribution is 2.24. The van der Waals surface area contributed by atoms with Crippen molar-refractivity contribution in [2.45, 2.75) is 33.4 Å². The molecule has 0 fully saturated rings. The van der Waals surface area contributed by atoms with E-state index in [4.69, 9.17) is 4.74 Å². The van der Waals surface area contributed by atoms with Crippen molar-refractivity contribution in [2.24, 2.45) is 5.92 Å². The fourth-order valence-corrected chi connectivity index (χ4v) is 3.15. The van der Waals surface area contributed by atoms with E-state index in [-0.39, 0.29) is 6.61 Å². The lowest BCUT2D eigenvalue weighted by molar-refractivity contribution is 0.274. The van der Waals surface area contributed by atoms with Gasteiger partial charge in [0.05, 0.1) is 25.3 Å². The summed E-state index contributed by atoms with van der Waals surface area (Å²) in [4.78, 5) is 5.66. The molecule has 0 bridgehead atoms. The van der Waals surface area contributed by atoms with Crippen LogP contribution < -0.4 is 10.1 Å². The van der Waals surface area contributed by atoms with Gasteiger partial charge in [0.15, 0.2) is 0 Å². The zero-order chi connectivity index (χ0) is 15.2. The Balaban J connectivity index is 1.98. The van der Waals surface area contributed by atoms with E-state index >= 15 is 0 Å². The number of hydrogen-bond donors (Lipinski definition) is 2. The van der Waals surface area contributed by atoms with Crippen LogP contribution in [-0.2, 0) is 19.6 Å². The summed E-state index contributed by atoms with van der Waals surface area (Å²) in [5.74, 6) is 1.34. The maximum atomic E-state index is 9.33. The number of aromatic nitrogens is 1. The fourth-order valence-electron chi connectivity index (χ4n) is 2.07. The van der Waals surface area contributed by atoms with Gasteiger partial charge in [0.1, 0.15) is 5.75 Å². The number of anilines is 1. The lowest BCUT2D eigenvalue weighted by Crippen LogP contribution is -1.99. The lowest BCUT2D eigenvalue weighted by atomic mass is 10.1. The molecule has 0 amide bonds. The molecule has 114 valence electrons. The lowest BCUT2D eigenvalue weighted by Gasteiger charge is -2.10. The molecule has 2 rings (SSSR count). The van der Waals surface area contributed by atoms with E-state index in [1.807, 2.05) is 24.4 Å². The maximum Gasteiger partial charge on any atom is 0.124 e. The van der Waals surface area contributed by atoms with Crippen LogP contribution in [0.4, 0.5) is 5.69 Å². The summed E-state index contributed by atoms with van der Waals surface area (Å²) in [6.07, 6.45) is 2.97. The normalized spacial score (nSPS) is 10.9. The second-order valence-electron chi connectivity index (χ2n) is 5.36. The minimum absolute atomic E-state index is 0.0300. The number of hydrogen-bond acceptors (Lipinski definition) is 5. The van der Waals surface area contributed by atoms with Crippen molar-refractivity contribution >= 4 is 17.0 Å².